The average Bonchev–Trinajstić information content (AvgIpc) is 0.722. The second-order valence-corrected chi connectivity index (χ2v) is 1.50. The third-order valence-corrected chi connectivity index (χ3v) is 0. The Hall–Kier alpha value is 1.07. The summed E-state index contributed by atoms with van der Waals surface area (Å²) >= 11 is 0. The van der Waals surface area contributed by atoms with Crippen molar-refractivity contribution in [3.8, 4) is 0 Å². The third kappa shape index (κ3) is 159. The average molecular weight is 207 g/mol. The predicted octanol–water partition coefficient (Wildman–Crippen LogP) is -5.14. The topological polar surface area (TPSA) is 92.2 Å². The van der Waals surface area contributed by atoms with E-state index in [1.807, 2.05) is 0 Å². The van der Waals surface area contributed by atoms with Crippen molar-refractivity contribution in [2.75, 3.05) is 0 Å². The molecule has 0 spiro atoms. The third-order valence-electron chi connectivity index (χ3n) is 0. The SMILES string of the molecule is [Fe+2].[Ni+2].[O-][Si]([O-])([O-])[O-]. The Balaban J connectivity index is -0.0000000800. The first-order chi connectivity index (χ1) is 2.00. The van der Waals surface area contributed by atoms with Gasteiger partial charge in [0.05, 0.1) is 0 Å². The van der Waals surface area contributed by atoms with E-state index in [-0.39, 0.29) is 33.6 Å². The molecule has 0 N–H and O–H groups in total. The van der Waals surface area contributed by atoms with Crippen LogP contribution in [0.25, 0.3) is 0 Å². The fraction of sp³-hybridized carbons (Fsp3) is 0. The monoisotopic (exact) mass is 206 g/mol. The van der Waals surface area contributed by atoms with Crippen molar-refractivity contribution in [3.05, 3.63) is 0 Å². The van der Waals surface area contributed by atoms with Gasteiger partial charge in [-0.3, -0.25) is 0 Å². The largest absolute Gasteiger partial charge is 2.00 e. The molecule has 4 nitrogen and oxygen atoms in total. The van der Waals surface area contributed by atoms with Crippen LogP contribution in [0, 0.1) is 0 Å². The molecule has 0 aliphatic heterocycles. The van der Waals surface area contributed by atoms with Gasteiger partial charge in [-0.25, -0.2) is 0 Å². The molecule has 0 atom stereocenters. The van der Waals surface area contributed by atoms with Gasteiger partial charge in [-0.1, -0.05) is 0 Å². The molecule has 0 aromatic carbocycles. The molecule has 0 heterocycles. The molecule has 0 aliphatic carbocycles. The Morgan fingerprint density at radius 3 is 0.857 bits per heavy atom. The van der Waals surface area contributed by atoms with Crippen LogP contribution in [0.5, 0.6) is 0 Å². The number of rotatable bonds is 0. The van der Waals surface area contributed by atoms with E-state index < -0.39 is 9.05 Å². The second-order valence-electron chi connectivity index (χ2n) is 0.500. The van der Waals surface area contributed by atoms with Crippen molar-refractivity contribution in [2.45, 2.75) is 0 Å². The molecule has 7 heteroatoms. The maximum absolute atomic E-state index is 8.58. The zero-order valence-electron chi connectivity index (χ0n) is 2.80. The molecular weight excluding hydrogens is 207 g/mol. The summed E-state index contributed by atoms with van der Waals surface area (Å²) in [5, 5.41) is 0. The molecule has 0 unspecified atom stereocenters. The fourth-order valence-corrected chi connectivity index (χ4v) is 0. The van der Waals surface area contributed by atoms with Crippen LogP contribution in [0.2, 0.25) is 0 Å². The molecule has 0 saturated carbocycles. The molecule has 0 fully saturated rings. The van der Waals surface area contributed by atoms with E-state index in [4.69, 9.17) is 19.2 Å². The van der Waals surface area contributed by atoms with Crippen LogP contribution < -0.4 is 19.2 Å². The maximum Gasteiger partial charge on any atom is 2.00 e. The summed E-state index contributed by atoms with van der Waals surface area (Å²) in [5.74, 6) is 0. The minimum Gasteiger partial charge on any atom is -0.894 e. The van der Waals surface area contributed by atoms with Gasteiger partial charge in [0, 0.05) is 0 Å². The normalized spacial score (nSPS) is 8.57. The van der Waals surface area contributed by atoms with E-state index in [0.29, 0.717) is 0 Å². The minimum atomic E-state index is -5.61. The molecule has 7 heavy (non-hydrogen) atoms. The predicted molar refractivity (Wildman–Crippen MR) is 5.75 cm³/mol. The molecule has 0 amide bonds. The van der Waals surface area contributed by atoms with E-state index in [1.54, 1.807) is 0 Å². The summed E-state index contributed by atoms with van der Waals surface area (Å²) < 4.78 is 0. The summed E-state index contributed by atoms with van der Waals surface area (Å²) in [6, 6.07) is 0. The van der Waals surface area contributed by atoms with Crippen molar-refractivity contribution in [3.63, 3.8) is 0 Å². The van der Waals surface area contributed by atoms with E-state index in [1.165, 1.54) is 0 Å². The molecule has 0 aromatic rings. The number of hydrogen-bond donors (Lipinski definition) is 0. The summed E-state index contributed by atoms with van der Waals surface area (Å²) in [6.45, 7) is 0. The van der Waals surface area contributed by atoms with Crippen LogP contribution in [0.3, 0.4) is 0 Å². The van der Waals surface area contributed by atoms with E-state index in [2.05, 4.69) is 0 Å². The van der Waals surface area contributed by atoms with Crippen LogP contribution >= 0.6 is 0 Å². The van der Waals surface area contributed by atoms with E-state index >= 15 is 0 Å². The molecular formula is FeNiO4Si. The zero-order chi connectivity index (χ0) is 4.50. The first kappa shape index (κ1) is 15.7. The molecule has 0 saturated heterocycles. The molecule has 0 radical (unpaired) electrons. The Labute approximate surface area is 62.1 Å². The van der Waals surface area contributed by atoms with Crippen LogP contribution in [0.4, 0.5) is 0 Å². The van der Waals surface area contributed by atoms with Gasteiger partial charge in [0.15, 0.2) is 0 Å². The standard InChI is InChI=1S/Fe.Ni.O4Si/c;;1-5(2,3)4/q2*+2;-4. The molecule has 0 rings (SSSR count). The van der Waals surface area contributed by atoms with E-state index in [0.717, 1.165) is 0 Å². The zero-order valence-corrected chi connectivity index (χ0v) is 5.89. The fourth-order valence-electron chi connectivity index (χ4n) is 0. The van der Waals surface area contributed by atoms with Crippen molar-refractivity contribution in [2.24, 2.45) is 0 Å². The van der Waals surface area contributed by atoms with Crippen LogP contribution in [0.1, 0.15) is 0 Å². The smallest absolute Gasteiger partial charge is 0.894 e. The Morgan fingerprint density at radius 1 is 0.857 bits per heavy atom. The van der Waals surface area contributed by atoms with Gasteiger partial charge in [0.1, 0.15) is 0 Å². The first-order valence-corrected chi connectivity index (χ1v) is 2.45. The van der Waals surface area contributed by atoms with Crippen LogP contribution in [-0.2, 0) is 33.6 Å². The van der Waals surface area contributed by atoms with Gasteiger partial charge in [-0.05, 0) is 0 Å². The van der Waals surface area contributed by atoms with E-state index in [9.17, 15) is 0 Å². The van der Waals surface area contributed by atoms with Gasteiger partial charge >= 0.3 is 33.6 Å². The summed E-state index contributed by atoms with van der Waals surface area (Å²) in [4.78, 5) is 34.3. The van der Waals surface area contributed by atoms with Gasteiger partial charge < -0.3 is 28.2 Å². The van der Waals surface area contributed by atoms with Crippen molar-refractivity contribution in [1.29, 1.82) is 0 Å². The Bertz CT molecular complexity index is 27.2. The van der Waals surface area contributed by atoms with Gasteiger partial charge in [0.25, 0.3) is 0 Å². The van der Waals surface area contributed by atoms with Gasteiger partial charge in [-0.2, -0.15) is 0 Å². The minimum absolute atomic E-state index is 0. The first-order valence-electron chi connectivity index (χ1n) is 0.816. The summed E-state index contributed by atoms with van der Waals surface area (Å²) in [6.07, 6.45) is 0. The van der Waals surface area contributed by atoms with Crippen molar-refractivity contribution in [1.82, 2.24) is 0 Å². The van der Waals surface area contributed by atoms with Gasteiger partial charge in [-0.15, -0.1) is 0 Å². The molecule has 0 aliphatic rings. The molecule has 0 aromatic heterocycles. The van der Waals surface area contributed by atoms with Crippen molar-refractivity contribution < 1.29 is 52.7 Å². The number of hydrogen-bond acceptors (Lipinski definition) is 4. The molecule has 46 valence electrons. The van der Waals surface area contributed by atoms with Crippen molar-refractivity contribution >= 4 is 9.05 Å². The Morgan fingerprint density at radius 2 is 0.857 bits per heavy atom. The van der Waals surface area contributed by atoms with Crippen LogP contribution in [-0.4, -0.2) is 9.05 Å². The molecule has 0 bridgehead atoms. The van der Waals surface area contributed by atoms with Gasteiger partial charge in [0.2, 0.25) is 0 Å². The summed E-state index contributed by atoms with van der Waals surface area (Å²) in [5.41, 5.74) is 0. The maximum atomic E-state index is 8.58. The summed E-state index contributed by atoms with van der Waals surface area (Å²) in [7, 11) is -5.61. The second kappa shape index (κ2) is 5.21. The van der Waals surface area contributed by atoms with Crippen LogP contribution in [0.15, 0.2) is 0 Å². The quantitative estimate of drug-likeness (QED) is 0.371. The Kier molecular flexibility index (Phi) is 11.7.